The number of halogens is 2. The molecule has 3 heterocycles. The molecule has 1 aliphatic heterocycles. The lowest BCUT2D eigenvalue weighted by Gasteiger charge is -2.40. The SMILES string of the molecule is COC(=O)c1cc(Oc2cnc(N3CCN(C(=O)OC(C)(C)C)[C@@H](C)C3)nc2)nc(-c2cc(Cl)cc(Cl)c2)c1. The summed E-state index contributed by atoms with van der Waals surface area (Å²) in [5.74, 6) is 0.412. The van der Waals surface area contributed by atoms with Crippen molar-refractivity contribution in [2.75, 3.05) is 31.6 Å². The third-order valence-corrected chi connectivity index (χ3v) is 6.19. The predicted molar refractivity (Wildman–Crippen MR) is 148 cm³/mol. The number of methoxy groups -OCH3 is 1. The van der Waals surface area contributed by atoms with Gasteiger partial charge in [-0.15, -0.1) is 0 Å². The minimum absolute atomic E-state index is 0.0863. The number of hydrogen-bond acceptors (Lipinski definition) is 9. The van der Waals surface area contributed by atoms with E-state index in [9.17, 15) is 9.59 Å². The molecular formula is C27H29Cl2N5O5. The molecule has 4 rings (SSSR count). The number of aromatic nitrogens is 3. The van der Waals surface area contributed by atoms with Gasteiger partial charge >= 0.3 is 12.1 Å². The number of nitrogens with zero attached hydrogens (tertiary/aromatic N) is 5. The summed E-state index contributed by atoms with van der Waals surface area (Å²) in [5.41, 5.74) is 0.712. The number of pyridine rings is 1. The molecule has 1 saturated heterocycles. The van der Waals surface area contributed by atoms with Crippen LogP contribution in [0, 0.1) is 0 Å². The van der Waals surface area contributed by atoms with Crippen LogP contribution in [0.1, 0.15) is 38.1 Å². The highest BCUT2D eigenvalue weighted by atomic mass is 35.5. The first-order valence-electron chi connectivity index (χ1n) is 12.2. The molecule has 39 heavy (non-hydrogen) atoms. The first kappa shape index (κ1) is 28.4. The number of piperazine rings is 1. The van der Waals surface area contributed by atoms with Crippen molar-refractivity contribution in [1.29, 1.82) is 0 Å². The van der Waals surface area contributed by atoms with Crippen molar-refractivity contribution in [2.24, 2.45) is 0 Å². The predicted octanol–water partition coefficient (Wildman–Crippen LogP) is 5.87. The van der Waals surface area contributed by atoms with Gasteiger partial charge in [-0.1, -0.05) is 23.2 Å². The second kappa shape index (κ2) is 11.6. The van der Waals surface area contributed by atoms with E-state index in [1.165, 1.54) is 25.6 Å². The van der Waals surface area contributed by atoms with Crippen molar-refractivity contribution in [3.63, 3.8) is 0 Å². The van der Waals surface area contributed by atoms with Crippen LogP contribution in [-0.4, -0.2) is 70.3 Å². The zero-order valence-electron chi connectivity index (χ0n) is 22.3. The maximum absolute atomic E-state index is 12.5. The Morgan fingerprint density at radius 2 is 1.67 bits per heavy atom. The summed E-state index contributed by atoms with van der Waals surface area (Å²) in [6, 6.07) is 7.91. The molecule has 12 heteroatoms. The Bertz CT molecular complexity index is 1340. The number of anilines is 1. The van der Waals surface area contributed by atoms with E-state index < -0.39 is 11.6 Å². The van der Waals surface area contributed by atoms with Crippen LogP contribution in [0.25, 0.3) is 11.3 Å². The average molecular weight is 574 g/mol. The second-order valence-electron chi connectivity index (χ2n) is 10.0. The van der Waals surface area contributed by atoms with Gasteiger partial charge in [-0.2, -0.15) is 0 Å². The van der Waals surface area contributed by atoms with Gasteiger partial charge in [0.15, 0.2) is 5.75 Å². The fourth-order valence-corrected chi connectivity index (χ4v) is 4.55. The van der Waals surface area contributed by atoms with E-state index in [1.807, 2.05) is 32.6 Å². The molecule has 1 amide bonds. The third-order valence-electron chi connectivity index (χ3n) is 5.76. The fourth-order valence-electron chi connectivity index (χ4n) is 4.02. The molecule has 10 nitrogen and oxygen atoms in total. The summed E-state index contributed by atoms with van der Waals surface area (Å²) in [7, 11) is 1.29. The highest BCUT2D eigenvalue weighted by Crippen LogP contribution is 2.30. The second-order valence-corrected chi connectivity index (χ2v) is 10.9. The van der Waals surface area contributed by atoms with Gasteiger partial charge in [0.2, 0.25) is 11.8 Å². The van der Waals surface area contributed by atoms with E-state index in [1.54, 1.807) is 29.2 Å². The Morgan fingerprint density at radius 1 is 1.00 bits per heavy atom. The molecule has 0 saturated carbocycles. The van der Waals surface area contributed by atoms with Crippen molar-refractivity contribution >= 4 is 41.2 Å². The number of hydrogen-bond donors (Lipinski definition) is 0. The molecular weight excluding hydrogens is 545 g/mol. The molecule has 2 aromatic heterocycles. The molecule has 1 aliphatic rings. The van der Waals surface area contributed by atoms with Gasteiger partial charge in [0.25, 0.3) is 0 Å². The van der Waals surface area contributed by atoms with Gasteiger partial charge in [0, 0.05) is 47.4 Å². The lowest BCUT2D eigenvalue weighted by molar-refractivity contribution is 0.0158. The van der Waals surface area contributed by atoms with Crippen LogP contribution in [0.3, 0.4) is 0 Å². The Morgan fingerprint density at radius 3 is 2.26 bits per heavy atom. The van der Waals surface area contributed by atoms with Gasteiger partial charge in [-0.05, 0) is 52.0 Å². The van der Waals surface area contributed by atoms with E-state index in [0.717, 1.165) is 0 Å². The van der Waals surface area contributed by atoms with Crippen LogP contribution in [0.15, 0.2) is 42.7 Å². The number of carbonyl (C=O) groups is 2. The number of esters is 1. The lowest BCUT2D eigenvalue weighted by atomic mass is 10.1. The average Bonchev–Trinajstić information content (AvgIpc) is 2.86. The van der Waals surface area contributed by atoms with Crippen LogP contribution in [0.4, 0.5) is 10.7 Å². The Hall–Kier alpha value is -3.63. The molecule has 1 atom stereocenters. The number of benzene rings is 1. The fraction of sp³-hybridized carbons (Fsp3) is 0.370. The largest absolute Gasteiger partial charge is 0.465 e. The molecule has 0 aliphatic carbocycles. The van der Waals surface area contributed by atoms with Gasteiger partial charge in [0.1, 0.15) is 5.60 Å². The zero-order chi connectivity index (χ0) is 28.3. The first-order valence-corrected chi connectivity index (χ1v) is 13.0. The molecule has 1 aromatic carbocycles. The Balaban J connectivity index is 1.49. The number of carbonyl (C=O) groups excluding carboxylic acids is 2. The summed E-state index contributed by atoms with van der Waals surface area (Å²) in [6.45, 7) is 9.08. The molecule has 0 unspecified atom stereocenters. The van der Waals surface area contributed by atoms with Gasteiger partial charge in [0.05, 0.1) is 30.8 Å². The minimum Gasteiger partial charge on any atom is -0.465 e. The maximum Gasteiger partial charge on any atom is 0.410 e. The van der Waals surface area contributed by atoms with Crippen LogP contribution in [0.2, 0.25) is 10.0 Å². The summed E-state index contributed by atoms with van der Waals surface area (Å²) in [6.07, 6.45) is 2.71. The van der Waals surface area contributed by atoms with Gasteiger partial charge in [-0.25, -0.2) is 24.5 Å². The van der Waals surface area contributed by atoms with Crippen molar-refractivity contribution in [2.45, 2.75) is 39.3 Å². The molecule has 0 radical (unpaired) electrons. The van der Waals surface area contributed by atoms with E-state index in [-0.39, 0.29) is 23.6 Å². The normalized spacial score (nSPS) is 15.6. The zero-order valence-corrected chi connectivity index (χ0v) is 23.8. The van der Waals surface area contributed by atoms with Crippen LogP contribution < -0.4 is 9.64 Å². The molecule has 0 N–H and O–H groups in total. The van der Waals surface area contributed by atoms with Gasteiger partial charge < -0.3 is 24.0 Å². The smallest absolute Gasteiger partial charge is 0.410 e. The van der Waals surface area contributed by atoms with Crippen molar-refractivity contribution in [1.82, 2.24) is 19.9 Å². The van der Waals surface area contributed by atoms with E-state index >= 15 is 0 Å². The Kier molecular flexibility index (Phi) is 8.46. The summed E-state index contributed by atoms with van der Waals surface area (Å²) in [4.78, 5) is 41.9. The molecule has 3 aromatic rings. The minimum atomic E-state index is -0.555. The van der Waals surface area contributed by atoms with Crippen molar-refractivity contribution < 1.29 is 23.8 Å². The van der Waals surface area contributed by atoms with E-state index in [0.29, 0.717) is 52.6 Å². The standard InChI is InChI=1S/C27H29Cl2N5O5/c1-16-15-33(6-7-34(16)26(36)39-27(2,3)4)25-30-13-21(14-31-25)38-23-11-18(24(35)37-5)10-22(32-23)17-8-19(28)12-20(29)9-17/h8-14,16H,6-7,15H2,1-5H3/t16-/m0/s1. The van der Waals surface area contributed by atoms with Crippen LogP contribution in [0.5, 0.6) is 11.6 Å². The highest BCUT2D eigenvalue weighted by molar-refractivity contribution is 6.35. The number of rotatable bonds is 5. The van der Waals surface area contributed by atoms with Crippen LogP contribution in [-0.2, 0) is 9.47 Å². The number of amides is 1. The summed E-state index contributed by atoms with van der Waals surface area (Å²) < 4.78 is 16.3. The van der Waals surface area contributed by atoms with Gasteiger partial charge in [-0.3, -0.25) is 0 Å². The van der Waals surface area contributed by atoms with E-state index in [2.05, 4.69) is 15.0 Å². The van der Waals surface area contributed by atoms with Crippen molar-refractivity contribution in [3.05, 3.63) is 58.3 Å². The van der Waals surface area contributed by atoms with Crippen LogP contribution >= 0.6 is 23.2 Å². The molecule has 206 valence electrons. The quantitative estimate of drug-likeness (QED) is 0.346. The number of ether oxygens (including phenoxy) is 3. The monoisotopic (exact) mass is 573 g/mol. The summed E-state index contributed by atoms with van der Waals surface area (Å²) >= 11 is 12.3. The molecule has 1 fully saturated rings. The third kappa shape index (κ3) is 7.27. The maximum atomic E-state index is 12.5. The Labute approximate surface area is 236 Å². The lowest BCUT2D eigenvalue weighted by Crippen LogP contribution is -2.55. The topological polar surface area (TPSA) is 107 Å². The highest BCUT2D eigenvalue weighted by Gasteiger charge is 2.31. The molecule has 0 bridgehead atoms. The molecule has 0 spiro atoms. The van der Waals surface area contributed by atoms with E-state index in [4.69, 9.17) is 37.4 Å². The summed E-state index contributed by atoms with van der Waals surface area (Å²) in [5, 5.41) is 0.853. The van der Waals surface area contributed by atoms with Crippen molar-refractivity contribution in [3.8, 4) is 22.9 Å². The first-order chi connectivity index (χ1) is 18.4.